The standard InChI is InChI=1S/C16H18N2O3/c1-21-11-15(14-7-2-3-8-17-14)18-16(20)10-12-5-4-6-13(19)9-12/h2-9,15,19H,10-11H2,1H3,(H,18,20). The third-order valence-electron chi connectivity index (χ3n) is 2.99. The normalized spacial score (nSPS) is 11.9. The Hall–Kier alpha value is -2.40. The van der Waals surface area contributed by atoms with Crippen LogP contribution < -0.4 is 5.32 Å². The van der Waals surface area contributed by atoms with Crippen LogP contribution in [0.3, 0.4) is 0 Å². The number of benzene rings is 1. The van der Waals surface area contributed by atoms with Gasteiger partial charge >= 0.3 is 0 Å². The second-order valence-corrected chi connectivity index (χ2v) is 4.68. The summed E-state index contributed by atoms with van der Waals surface area (Å²) in [5, 5.41) is 12.3. The first-order valence-electron chi connectivity index (χ1n) is 6.66. The van der Waals surface area contributed by atoms with Crippen molar-refractivity contribution in [1.29, 1.82) is 0 Å². The van der Waals surface area contributed by atoms with Gasteiger partial charge in [0.15, 0.2) is 0 Å². The molecule has 5 heteroatoms. The fraction of sp³-hybridized carbons (Fsp3) is 0.250. The molecule has 0 aliphatic heterocycles. The number of aromatic hydroxyl groups is 1. The number of nitrogens with zero attached hydrogens (tertiary/aromatic N) is 1. The molecule has 5 nitrogen and oxygen atoms in total. The molecule has 1 aromatic heterocycles. The summed E-state index contributed by atoms with van der Waals surface area (Å²) in [7, 11) is 1.58. The zero-order chi connectivity index (χ0) is 15.1. The minimum atomic E-state index is -0.291. The molecule has 0 saturated heterocycles. The van der Waals surface area contributed by atoms with Gasteiger partial charge < -0.3 is 15.2 Å². The first kappa shape index (κ1) is 15.0. The maximum absolute atomic E-state index is 12.1. The molecule has 110 valence electrons. The van der Waals surface area contributed by atoms with Crippen LogP contribution in [0, 0.1) is 0 Å². The van der Waals surface area contributed by atoms with Crippen LogP contribution in [0.15, 0.2) is 48.7 Å². The van der Waals surface area contributed by atoms with Crippen molar-refractivity contribution < 1.29 is 14.6 Å². The Morgan fingerprint density at radius 3 is 2.86 bits per heavy atom. The van der Waals surface area contributed by atoms with E-state index < -0.39 is 0 Å². The van der Waals surface area contributed by atoms with E-state index in [-0.39, 0.29) is 24.1 Å². The summed E-state index contributed by atoms with van der Waals surface area (Å²) in [4.78, 5) is 16.3. The summed E-state index contributed by atoms with van der Waals surface area (Å²) in [5.41, 5.74) is 1.51. The number of aromatic nitrogens is 1. The smallest absolute Gasteiger partial charge is 0.225 e. The van der Waals surface area contributed by atoms with Crippen molar-refractivity contribution in [3.8, 4) is 5.75 Å². The predicted octanol–water partition coefficient (Wildman–Crippen LogP) is 1.83. The van der Waals surface area contributed by atoms with Crippen LogP contribution in [-0.4, -0.2) is 29.7 Å². The maximum Gasteiger partial charge on any atom is 0.225 e. The number of methoxy groups -OCH3 is 1. The van der Waals surface area contributed by atoms with Crippen molar-refractivity contribution in [1.82, 2.24) is 10.3 Å². The van der Waals surface area contributed by atoms with E-state index in [1.165, 1.54) is 0 Å². The molecule has 0 radical (unpaired) electrons. The molecule has 2 rings (SSSR count). The fourth-order valence-corrected chi connectivity index (χ4v) is 2.05. The van der Waals surface area contributed by atoms with Gasteiger partial charge in [0.1, 0.15) is 5.75 Å². The molecule has 2 aromatic rings. The van der Waals surface area contributed by atoms with Crippen molar-refractivity contribution in [2.45, 2.75) is 12.5 Å². The van der Waals surface area contributed by atoms with Gasteiger partial charge in [-0.15, -0.1) is 0 Å². The van der Waals surface area contributed by atoms with Crippen molar-refractivity contribution in [2.75, 3.05) is 13.7 Å². The van der Waals surface area contributed by atoms with E-state index in [0.29, 0.717) is 6.61 Å². The molecule has 0 fully saturated rings. The Morgan fingerprint density at radius 2 is 2.19 bits per heavy atom. The molecular weight excluding hydrogens is 268 g/mol. The molecule has 0 spiro atoms. The lowest BCUT2D eigenvalue weighted by atomic mass is 10.1. The predicted molar refractivity (Wildman–Crippen MR) is 78.8 cm³/mol. The zero-order valence-corrected chi connectivity index (χ0v) is 11.8. The third kappa shape index (κ3) is 4.57. The van der Waals surface area contributed by atoms with Crippen LogP contribution in [0.5, 0.6) is 5.75 Å². The highest BCUT2D eigenvalue weighted by Gasteiger charge is 2.15. The summed E-state index contributed by atoms with van der Waals surface area (Å²) in [6.45, 7) is 0.350. The van der Waals surface area contributed by atoms with Crippen LogP contribution in [0.2, 0.25) is 0 Å². The molecule has 21 heavy (non-hydrogen) atoms. The number of carbonyl (C=O) groups is 1. The summed E-state index contributed by atoms with van der Waals surface area (Å²) in [5.74, 6) is 0.00627. The van der Waals surface area contributed by atoms with Gasteiger partial charge in [0.25, 0.3) is 0 Å². The van der Waals surface area contributed by atoms with Crippen LogP contribution >= 0.6 is 0 Å². The molecule has 1 unspecified atom stereocenters. The average Bonchev–Trinajstić information content (AvgIpc) is 2.47. The number of hydrogen-bond acceptors (Lipinski definition) is 4. The van der Waals surface area contributed by atoms with E-state index in [1.54, 1.807) is 37.6 Å². The summed E-state index contributed by atoms with van der Waals surface area (Å²) >= 11 is 0. The van der Waals surface area contributed by atoms with E-state index in [4.69, 9.17) is 4.74 Å². The number of carbonyl (C=O) groups excluding carboxylic acids is 1. The number of amides is 1. The van der Waals surface area contributed by atoms with Gasteiger partial charge in [-0.25, -0.2) is 0 Å². The number of hydrogen-bond donors (Lipinski definition) is 2. The Labute approximate surface area is 123 Å². The summed E-state index contributed by atoms with van der Waals surface area (Å²) in [6.07, 6.45) is 1.88. The zero-order valence-electron chi connectivity index (χ0n) is 11.8. The molecule has 1 aromatic carbocycles. The van der Waals surface area contributed by atoms with E-state index in [9.17, 15) is 9.90 Å². The van der Waals surface area contributed by atoms with Gasteiger partial charge in [0.05, 0.1) is 24.8 Å². The third-order valence-corrected chi connectivity index (χ3v) is 2.99. The molecule has 0 saturated carbocycles. The molecule has 0 aliphatic rings. The topological polar surface area (TPSA) is 71.5 Å². The average molecular weight is 286 g/mol. The fourth-order valence-electron chi connectivity index (χ4n) is 2.05. The number of phenolic OH excluding ortho intramolecular Hbond substituents is 1. The number of ether oxygens (including phenoxy) is 1. The monoisotopic (exact) mass is 286 g/mol. The van der Waals surface area contributed by atoms with E-state index in [2.05, 4.69) is 10.3 Å². The van der Waals surface area contributed by atoms with Gasteiger partial charge in [-0.1, -0.05) is 18.2 Å². The van der Waals surface area contributed by atoms with Gasteiger partial charge in [-0.05, 0) is 29.8 Å². The first-order valence-corrected chi connectivity index (χ1v) is 6.66. The Balaban J connectivity index is 2.02. The largest absolute Gasteiger partial charge is 0.508 e. The molecule has 1 heterocycles. The quantitative estimate of drug-likeness (QED) is 0.850. The lowest BCUT2D eigenvalue weighted by Crippen LogP contribution is -2.33. The number of phenols is 1. The number of rotatable bonds is 6. The number of nitrogens with one attached hydrogen (secondary N) is 1. The Morgan fingerprint density at radius 1 is 1.33 bits per heavy atom. The van der Waals surface area contributed by atoms with Crippen LogP contribution in [0.4, 0.5) is 0 Å². The second-order valence-electron chi connectivity index (χ2n) is 4.68. The van der Waals surface area contributed by atoms with E-state index >= 15 is 0 Å². The van der Waals surface area contributed by atoms with Gasteiger partial charge in [-0.2, -0.15) is 0 Å². The lowest BCUT2D eigenvalue weighted by Gasteiger charge is -2.17. The van der Waals surface area contributed by atoms with Crippen molar-refractivity contribution in [3.05, 3.63) is 59.9 Å². The minimum absolute atomic E-state index is 0.145. The molecule has 2 N–H and O–H groups in total. The number of pyridine rings is 1. The molecular formula is C16H18N2O3. The van der Waals surface area contributed by atoms with Gasteiger partial charge in [0.2, 0.25) is 5.91 Å². The van der Waals surface area contributed by atoms with Crippen LogP contribution in [0.25, 0.3) is 0 Å². The highest BCUT2D eigenvalue weighted by molar-refractivity contribution is 5.79. The van der Waals surface area contributed by atoms with Crippen molar-refractivity contribution >= 4 is 5.91 Å². The van der Waals surface area contributed by atoms with Gasteiger partial charge in [0, 0.05) is 13.3 Å². The van der Waals surface area contributed by atoms with Crippen molar-refractivity contribution in [2.24, 2.45) is 0 Å². The maximum atomic E-state index is 12.1. The second kappa shape index (κ2) is 7.40. The van der Waals surface area contributed by atoms with Crippen LogP contribution in [0.1, 0.15) is 17.3 Å². The molecule has 1 amide bonds. The Bertz CT molecular complexity index is 587. The first-order chi connectivity index (χ1) is 10.2. The van der Waals surface area contributed by atoms with E-state index in [1.807, 2.05) is 18.2 Å². The van der Waals surface area contributed by atoms with Crippen LogP contribution in [-0.2, 0) is 16.0 Å². The Kier molecular flexibility index (Phi) is 5.29. The lowest BCUT2D eigenvalue weighted by molar-refractivity contribution is -0.121. The summed E-state index contributed by atoms with van der Waals surface area (Å²) in [6, 6.07) is 11.9. The minimum Gasteiger partial charge on any atom is -0.508 e. The van der Waals surface area contributed by atoms with E-state index in [0.717, 1.165) is 11.3 Å². The molecule has 1 atom stereocenters. The highest BCUT2D eigenvalue weighted by Crippen LogP contribution is 2.13. The summed E-state index contributed by atoms with van der Waals surface area (Å²) < 4.78 is 5.13. The highest BCUT2D eigenvalue weighted by atomic mass is 16.5. The SMILES string of the molecule is COCC(NC(=O)Cc1cccc(O)c1)c1ccccn1. The van der Waals surface area contributed by atoms with Gasteiger partial charge in [-0.3, -0.25) is 9.78 Å². The molecule has 0 aliphatic carbocycles. The van der Waals surface area contributed by atoms with Crippen molar-refractivity contribution in [3.63, 3.8) is 0 Å². The molecule has 0 bridgehead atoms.